The van der Waals surface area contributed by atoms with E-state index >= 15 is 0 Å². The minimum absolute atomic E-state index is 0.214. The van der Waals surface area contributed by atoms with Crippen LogP contribution in [0.1, 0.15) is 43.2 Å². The monoisotopic (exact) mass is 300 g/mol. The Hall–Kier alpha value is -1.16. The van der Waals surface area contributed by atoms with Crippen molar-refractivity contribution < 1.29 is 0 Å². The van der Waals surface area contributed by atoms with E-state index in [4.69, 9.17) is 5.84 Å². The van der Waals surface area contributed by atoms with E-state index in [1.54, 1.807) is 11.3 Å². The van der Waals surface area contributed by atoms with E-state index in [1.807, 2.05) is 0 Å². The number of hydrogen-bond acceptors (Lipinski definition) is 3. The van der Waals surface area contributed by atoms with Gasteiger partial charge in [-0.1, -0.05) is 43.2 Å². The fourth-order valence-corrected chi connectivity index (χ4v) is 4.58. The molecule has 0 saturated heterocycles. The fourth-order valence-electron chi connectivity index (χ4n) is 3.88. The molecule has 0 spiro atoms. The number of nitrogens with one attached hydrogen (secondary N) is 1. The van der Waals surface area contributed by atoms with Gasteiger partial charge < -0.3 is 0 Å². The summed E-state index contributed by atoms with van der Waals surface area (Å²) >= 11 is 1.77. The molecule has 1 heterocycles. The summed E-state index contributed by atoms with van der Waals surface area (Å²) < 4.78 is 0. The van der Waals surface area contributed by atoms with Crippen molar-refractivity contribution in [2.75, 3.05) is 0 Å². The summed E-state index contributed by atoms with van der Waals surface area (Å²) in [5.41, 5.74) is 6.25. The highest BCUT2D eigenvalue weighted by atomic mass is 32.1. The largest absolute Gasteiger partial charge is 0.271 e. The zero-order valence-corrected chi connectivity index (χ0v) is 13.2. The predicted molar refractivity (Wildman–Crippen MR) is 90.3 cm³/mol. The first-order valence-corrected chi connectivity index (χ1v) is 8.82. The maximum atomic E-state index is 5.97. The topological polar surface area (TPSA) is 38.0 Å². The second-order valence-corrected chi connectivity index (χ2v) is 6.90. The predicted octanol–water partition coefficient (Wildman–Crippen LogP) is 4.02. The Morgan fingerprint density at radius 2 is 1.90 bits per heavy atom. The van der Waals surface area contributed by atoms with Crippen LogP contribution >= 0.6 is 11.3 Å². The number of benzene rings is 1. The van der Waals surface area contributed by atoms with E-state index < -0.39 is 0 Å². The summed E-state index contributed by atoms with van der Waals surface area (Å²) in [5.74, 6) is 5.97. The second kappa shape index (κ2) is 6.73. The molecule has 1 fully saturated rings. The third kappa shape index (κ3) is 3.05. The molecule has 21 heavy (non-hydrogen) atoms. The van der Waals surface area contributed by atoms with Crippen LogP contribution in [0.15, 0.2) is 47.2 Å². The highest BCUT2D eigenvalue weighted by Gasteiger charge is 2.41. The maximum absolute atomic E-state index is 5.97. The number of nitrogens with two attached hydrogens (primary N) is 1. The lowest BCUT2D eigenvalue weighted by Gasteiger charge is -2.38. The maximum Gasteiger partial charge on any atom is 0.0310 e. The molecule has 2 aromatic rings. The van der Waals surface area contributed by atoms with Crippen LogP contribution in [0.3, 0.4) is 0 Å². The zero-order chi connectivity index (χ0) is 14.5. The lowest BCUT2D eigenvalue weighted by molar-refractivity contribution is 0.283. The van der Waals surface area contributed by atoms with E-state index in [-0.39, 0.29) is 5.41 Å². The summed E-state index contributed by atoms with van der Waals surface area (Å²) in [6.07, 6.45) is 7.32. The summed E-state index contributed by atoms with van der Waals surface area (Å²) in [5, 5.41) is 4.40. The Morgan fingerprint density at radius 3 is 2.52 bits per heavy atom. The first kappa shape index (κ1) is 14.8. The molecule has 0 bridgehead atoms. The first-order chi connectivity index (χ1) is 10.3. The van der Waals surface area contributed by atoms with E-state index in [0.29, 0.717) is 6.04 Å². The van der Waals surface area contributed by atoms with Crippen molar-refractivity contribution in [3.8, 4) is 0 Å². The van der Waals surface area contributed by atoms with E-state index in [1.165, 1.54) is 36.8 Å². The van der Waals surface area contributed by atoms with Gasteiger partial charge in [-0.15, -0.1) is 0 Å². The number of hydrogen-bond donors (Lipinski definition) is 2. The van der Waals surface area contributed by atoms with Gasteiger partial charge in [-0.05, 0) is 53.6 Å². The van der Waals surface area contributed by atoms with Crippen LogP contribution in [0, 0.1) is 0 Å². The van der Waals surface area contributed by atoms with E-state index in [2.05, 4.69) is 52.6 Å². The Kier molecular flexibility index (Phi) is 4.73. The van der Waals surface area contributed by atoms with Gasteiger partial charge in [0.15, 0.2) is 0 Å². The van der Waals surface area contributed by atoms with Crippen LogP contribution in [0.4, 0.5) is 0 Å². The van der Waals surface area contributed by atoms with Gasteiger partial charge in [0, 0.05) is 11.5 Å². The Bertz CT molecular complexity index is 530. The molecule has 3 N–H and O–H groups in total. The Labute approximate surface area is 131 Å². The van der Waals surface area contributed by atoms with Crippen molar-refractivity contribution in [1.82, 2.24) is 5.43 Å². The minimum Gasteiger partial charge on any atom is -0.271 e. The quantitative estimate of drug-likeness (QED) is 0.624. The third-order valence-electron chi connectivity index (χ3n) is 5.01. The molecule has 1 saturated carbocycles. The van der Waals surface area contributed by atoms with E-state index in [0.717, 1.165) is 12.8 Å². The van der Waals surface area contributed by atoms with E-state index in [9.17, 15) is 0 Å². The molecule has 112 valence electrons. The number of rotatable bonds is 6. The molecule has 0 amide bonds. The molecule has 1 aliphatic rings. The minimum atomic E-state index is 0.214. The van der Waals surface area contributed by atoms with Gasteiger partial charge in [-0.25, -0.2) is 0 Å². The molecule has 1 aromatic heterocycles. The van der Waals surface area contributed by atoms with Gasteiger partial charge in [0.05, 0.1) is 0 Å². The molecule has 3 heteroatoms. The van der Waals surface area contributed by atoms with Crippen LogP contribution in [0.25, 0.3) is 0 Å². The lowest BCUT2D eigenvalue weighted by atomic mass is 9.71. The fraction of sp³-hybridized carbons (Fsp3) is 0.444. The van der Waals surface area contributed by atoms with Crippen molar-refractivity contribution in [2.24, 2.45) is 5.84 Å². The molecule has 0 radical (unpaired) electrons. The van der Waals surface area contributed by atoms with Gasteiger partial charge in [0.25, 0.3) is 0 Å². The van der Waals surface area contributed by atoms with Crippen LogP contribution in [0.2, 0.25) is 0 Å². The summed E-state index contributed by atoms with van der Waals surface area (Å²) in [7, 11) is 0. The van der Waals surface area contributed by atoms with Gasteiger partial charge in [0.1, 0.15) is 0 Å². The van der Waals surface area contributed by atoms with Crippen molar-refractivity contribution in [3.63, 3.8) is 0 Å². The average molecular weight is 300 g/mol. The summed E-state index contributed by atoms with van der Waals surface area (Å²) in [6, 6.07) is 13.5. The van der Waals surface area contributed by atoms with Gasteiger partial charge in [-0.3, -0.25) is 11.3 Å². The summed E-state index contributed by atoms with van der Waals surface area (Å²) in [6.45, 7) is 0. The normalized spacial score (nSPS) is 18.7. The number of hydrazine groups is 1. The summed E-state index contributed by atoms with van der Waals surface area (Å²) in [4.78, 5) is 0. The van der Waals surface area contributed by atoms with Crippen molar-refractivity contribution in [2.45, 2.75) is 50.0 Å². The molecule has 3 rings (SSSR count). The molecule has 2 nitrogen and oxygen atoms in total. The molecule has 1 atom stereocenters. The van der Waals surface area contributed by atoms with Crippen molar-refractivity contribution in [3.05, 3.63) is 58.3 Å². The Morgan fingerprint density at radius 1 is 1.14 bits per heavy atom. The number of thiophene rings is 1. The first-order valence-electron chi connectivity index (χ1n) is 7.88. The van der Waals surface area contributed by atoms with Crippen LogP contribution in [-0.2, 0) is 11.8 Å². The van der Waals surface area contributed by atoms with Crippen molar-refractivity contribution >= 4 is 11.3 Å². The molecular formula is C18H24N2S. The van der Waals surface area contributed by atoms with Crippen molar-refractivity contribution in [1.29, 1.82) is 0 Å². The molecular weight excluding hydrogens is 276 g/mol. The molecule has 0 aliphatic heterocycles. The van der Waals surface area contributed by atoms with Gasteiger partial charge >= 0.3 is 0 Å². The zero-order valence-electron chi connectivity index (χ0n) is 12.4. The van der Waals surface area contributed by atoms with Crippen LogP contribution in [0.5, 0.6) is 0 Å². The third-order valence-corrected chi connectivity index (χ3v) is 5.75. The smallest absolute Gasteiger partial charge is 0.0310 e. The van der Waals surface area contributed by atoms with Crippen LogP contribution in [-0.4, -0.2) is 6.04 Å². The van der Waals surface area contributed by atoms with Crippen LogP contribution < -0.4 is 11.3 Å². The lowest BCUT2D eigenvalue weighted by Crippen LogP contribution is -2.50. The second-order valence-electron chi connectivity index (χ2n) is 6.12. The molecule has 1 aromatic carbocycles. The molecule has 1 unspecified atom stereocenters. The Balaban J connectivity index is 1.81. The van der Waals surface area contributed by atoms with Gasteiger partial charge in [0.2, 0.25) is 0 Å². The standard InChI is InChI=1S/C18H24N2S/c19-20-17(9-8-15-10-13-21-14-15)18(11-4-5-12-18)16-6-2-1-3-7-16/h1-3,6-7,10,13-14,17,20H,4-5,8-9,11-12,19H2. The van der Waals surface area contributed by atoms with Gasteiger partial charge in [-0.2, -0.15) is 11.3 Å². The SMILES string of the molecule is NNC(CCc1ccsc1)C1(c2ccccc2)CCCC1. The highest BCUT2D eigenvalue weighted by Crippen LogP contribution is 2.44. The highest BCUT2D eigenvalue weighted by molar-refractivity contribution is 7.07. The average Bonchev–Trinajstić information content (AvgIpc) is 3.21. The number of aryl methyl sites for hydroxylation is 1. The molecule has 1 aliphatic carbocycles.